The number of imide groups is 1. The molecule has 0 saturated heterocycles. The van der Waals surface area contributed by atoms with Crippen LogP contribution in [0.25, 0.3) is 0 Å². The second-order valence-electron chi connectivity index (χ2n) is 8.17. The van der Waals surface area contributed by atoms with Gasteiger partial charge in [0.15, 0.2) is 5.78 Å². The molecule has 0 unspecified atom stereocenters. The lowest BCUT2D eigenvalue weighted by Crippen LogP contribution is -2.43. The van der Waals surface area contributed by atoms with Crippen molar-refractivity contribution < 1.29 is 14.4 Å². The molecule has 0 aromatic rings. The second-order valence-corrected chi connectivity index (χ2v) is 8.17. The summed E-state index contributed by atoms with van der Waals surface area (Å²) in [7, 11) is 0. The average molecular weight is 343 g/mol. The predicted molar refractivity (Wildman–Crippen MR) is 96.6 cm³/mol. The molecule has 2 amide bonds. The van der Waals surface area contributed by atoms with Crippen molar-refractivity contribution in [3.8, 4) is 0 Å². The monoisotopic (exact) mass is 343 g/mol. The third-order valence-corrected chi connectivity index (χ3v) is 6.47. The Balaban J connectivity index is 1.49. The van der Waals surface area contributed by atoms with E-state index in [1.165, 1.54) is 11.0 Å². The fraction of sp³-hybridized carbons (Fsp3) is 0.667. The maximum absolute atomic E-state index is 12.2. The van der Waals surface area contributed by atoms with Crippen LogP contribution in [0.3, 0.4) is 0 Å². The number of nitrogens with zero attached hydrogens (tertiary/aromatic N) is 1. The van der Waals surface area contributed by atoms with Crippen molar-refractivity contribution in [3.63, 3.8) is 0 Å². The maximum atomic E-state index is 12.2. The van der Waals surface area contributed by atoms with Crippen molar-refractivity contribution >= 4 is 17.6 Å². The van der Waals surface area contributed by atoms with Crippen LogP contribution in [0.15, 0.2) is 23.8 Å². The molecule has 0 bridgehead atoms. The van der Waals surface area contributed by atoms with E-state index in [0.717, 1.165) is 51.4 Å². The van der Waals surface area contributed by atoms with Crippen LogP contribution in [-0.2, 0) is 14.4 Å². The molecule has 4 heteroatoms. The summed E-state index contributed by atoms with van der Waals surface area (Å²) >= 11 is 0. The van der Waals surface area contributed by atoms with Gasteiger partial charge in [0.05, 0.1) is 0 Å². The van der Waals surface area contributed by atoms with E-state index in [1.54, 1.807) is 6.92 Å². The zero-order valence-electron chi connectivity index (χ0n) is 15.4. The number of amides is 2. The number of hydrogen-bond acceptors (Lipinski definition) is 3. The standard InChI is InChI=1S/C21H29NO3/c1-13(2)20(24)17-6-4-15(5-7-17)16-8-10-18(11-9-16)22-19(23)12-14(3)21(22)25/h12,15-18H,1,4-11H2,2-3H3. The average Bonchev–Trinajstić information content (AvgIpc) is 2.87. The first-order valence-electron chi connectivity index (χ1n) is 9.64. The van der Waals surface area contributed by atoms with E-state index in [9.17, 15) is 14.4 Å². The zero-order chi connectivity index (χ0) is 18.1. The van der Waals surface area contributed by atoms with Crippen LogP contribution in [0.4, 0.5) is 0 Å². The van der Waals surface area contributed by atoms with E-state index in [2.05, 4.69) is 6.58 Å². The molecule has 136 valence electrons. The summed E-state index contributed by atoms with van der Waals surface area (Å²) in [6, 6.07) is 0.0753. The normalized spacial score (nSPS) is 33.4. The largest absolute Gasteiger partial charge is 0.294 e. The van der Waals surface area contributed by atoms with Gasteiger partial charge in [0.1, 0.15) is 0 Å². The van der Waals surface area contributed by atoms with Crippen LogP contribution in [0, 0.1) is 17.8 Å². The van der Waals surface area contributed by atoms with Crippen molar-refractivity contribution in [1.29, 1.82) is 0 Å². The molecule has 0 N–H and O–H groups in total. The quantitative estimate of drug-likeness (QED) is 0.576. The van der Waals surface area contributed by atoms with Crippen LogP contribution in [-0.4, -0.2) is 28.5 Å². The summed E-state index contributed by atoms with van der Waals surface area (Å²) < 4.78 is 0. The summed E-state index contributed by atoms with van der Waals surface area (Å²) in [5, 5.41) is 0. The molecule has 0 radical (unpaired) electrons. The summed E-state index contributed by atoms with van der Waals surface area (Å²) in [4.78, 5) is 37.7. The Bertz CT molecular complexity index is 617. The van der Waals surface area contributed by atoms with Gasteiger partial charge in [-0.2, -0.15) is 0 Å². The summed E-state index contributed by atoms with van der Waals surface area (Å²) in [6.07, 6.45) is 9.72. The minimum Gasteiger partial charge on any atom is -0.294 e. The lowest BCUT2D eigenvalue weighted by atomic mass is 9.69. The van der Waals surface area contributed by atoms with Crippen molar-refractivity contribution in [1.82, 2.24) is 4.90 Å². The first-order chi connectivity index (χ1) is 11.9. The number of rotatable bonds is 4. The van der Waals surface area contributed by atoms with Gasteiger partial charge in [-0.1, -0.05) is 6.58 Å². The SMILES string of the molecule is C=C(C)C(=O)C1CCC(C2CCC(N3C(=O)C=C(C)C3=O)CC2)CC1. The van der Waals surface area contributed by atoms with E-state index >= 15 is 0 Å². The molecule has 2 saturated carbocycles. The summed E-state index contributed by atoms with van der Waals surface area (Å²) in [5.74, 6) is 1.56. The Hall–Kier alpha value is -1.71. The molecule has 3 rings (SSSR count). The van der Waals surface area contributed by atoms with Gasteiger partial charge in [-0.15, -0.1) is 0 Å². The molecule has 0 spiro atoms. The highest BCUT2D eigenvalue weighted by atomic mass is 16.2. The fourth-order valence-corrected chi connectivity index (χ4v) is 4.98. The van der Waals surface area contributed by atoms with Crippen molar-refractivity contribution in [2.45, 2.75) is 71.3 Å². The molecule has 0 atom stereocenters. The number of hydrogen-bond donors (Lipinski definition) is 0. The Morgan fingerprint density at radius 3 is 1.96 bits per heavy atom. The van der Waals surface area contributed by atoms with Gasteiger partial charge in [-0.25, -0.2) is 0 Å². The van der Waals surface area contributed by atoms with Gasteiger partial charge in [0.2, 0.25) is 0 Å². The van der Waals surface area contributed by atoms with Gasteiger partial charge in [-0.05, 0) is 82.6 Å². The highest BCUT2D eigenvalue weighted by Crippen LogP contribution is 2.41. The van der Waals surface area contributed by atoms with E-state index < -0.39 is 0 Å². The fourth-order valence-electron chi connectivity index (χ4n) is 4.98. The van der Waals surface area contributed by atoms with E-state index in [1.807, 2.05) is 6.92 Å². The number of carbonyl (C=O) groups is 3. The topological polar surface area (TPSA) is 54.5 Å². The summed E-state index contributed by atoms with van der Waals surface area (Å²) in [5.41, 5.74) is 1.25. The van der Waals surface area contributed by atoms with Gasteiger partial charge >= 0.3 is 0 Å². The zero-order valence-corrected chi connectivity index (χ0v) is 15.4. The first kappa shape index (κ1) is 18.1. The maximum Gasteiger partial charge on any atom is 0.256 e. The predicted octanol–water partition coefficient (Wildman–Crippen LogP) is 3.81. The van der Waals surface area contributed by atoms with E-state index in [4.69, 9.17) is 0 Å². The Morgan fingerprint density at radius 1 is 1.00 bits per heavy atom. The lowest BCUT2D eigenvalue weighted by molar-refractivity contribution is -0.141. The molecule has 2 aliphatic carbocycles. The third-order valence-electron chi connectivity index (χ3n) is 6.47. The van der Waals surface area contributed by atoms with Crippen molar-refractivity contribution in [2.24, 2.45) is 17.8 Å². The molecular formula is C21H29NO3. The van der Waals surface area contributed by atoms with Gasteiger partial charge in [0, 0.05) is 23.6 Å². The molecule has 4 nitrogen and oxygen atoms in total. The van der Waals surface area contributed by atoms with Crippen LogP contribution in [0.5, 0.6) is 0 Å². The number of carbonyl (C=O) groups excluding carboxylic acids is 3. The molecule has 1 aliphatic heterocycles. The van der Waals surface area contributed by atoms with Crippen LogP contribution >= 0.6 is 0 Å². The Morgan fingerprint density at radius 2 is 1.52 bits per heavy atom. The van der Waals surface area contributed by atoms with E-state index in [-0.39, 0.29) is 29.6 Å². The Labute approximate surface area is 150 Å². The van der Waals surface area contributed by atoms with Crippen LogP contribution in [0.1, 0.15) is 65.2 Å². The first-order valence-corrected chi connectivity index (χ1v) is 9.64. The molecule has 1 heterocycles. The van der Waals surface area contributed by atoms with Gasteiger partial charge < -0.3 is 0 Å². The van der Waals surface area contributed by atoms with Gasteiger partial charge in [0.25, 0.3) is 11.8 Å². The highest BCUT2D eigenvalue weighted by Gasteiger charge is 2.38. The minimum absolute atomic E-state index is 0.0753. The van der Waals surface area contributed by atoms with E-state index in [0.29, 0.717) is 23.0 Å². The molecule has 25 heavy (non-hydrogen) atoms. The highest BCUT2D eigenvalue weighted by molar-refractivity contribution is 6.16. The van der Waals surface area contributed by atoms with Crippen molar-refractivity contribution in [2.75, 3.05) is 0 Å². The lowest BCUT2D eigenvalue weighted by Gasteiger charge is -2.39. The van der Waals surface area contributed by atoms with Crippen LogP contribution < -0.4 is 0 Å². The van der Waals surface area contributed by atoms with Crippen LogP contribution in [0.2, 0.25) is 0 Å². The summed E-state index contributed by atoms with van der Waals surface area (Å²) in [6.45, 7) is 7.32. The minimum atomic E-state index is -0.134. The smallest absolute Gasteiger partial charge is 0.256 e. The molecular weight excluding hydrogens is 314 g/mol. The number of Topliss-reactive ketones (excluding diaryl/α,β-unsaturated/α-hetero) is 1. The number of allylic oxidation sites excluding steroid dienone is 1. The molecule has 2 fully saturated rings. The van der Waals surface area contributed by atoms with Crippen molar-refractivity contribution in [3.05, 3.63) is 23.8 Å². The molecule has 0 aromatic carbocycles. The molecule has 0 aromatic heterocycles. The second kappa shape index (κ2) is 7.27. The molecule has 3 aliphatic rings. The third kappa shape index (κ3) is 3.63. The number of ketones is 1. The Kier molecular flexibility index (Phi) is 5.26. The van der Waals surface area contributed by atoms with Gasteiger partial charge in [-0.3, -0.25) is 19.3 Å².